The summed E-state index contributed by atoms with van der Waals surface area (Å²) < 4.78 is 4.78. The molecule has 0 aliphatic carbocycles. The largest absolute Gasteiger partial charge is 0.465 e. The normalized spacial score (nSPS) is 11.0. The fourth-order valence-electron chi connectivity index (χ4n) is 0.691. The van der Waals surface area contributed by atoms with E-state index in [1.165, 1.54) is 0 Å². The van der Waals surface area contributed by atoms with Gasteiger partial charge < -0.3 is 4.74 Å². The van der Waals surface area contributed by atoms with Gasteiger partial charge in [-0.3, -0.25) is 4.79 Å². The fourth-order valence-corrected chi connectivity index (χ4v) is 0.691. The van der Waals surface area contributed by atoms with Gasteiger partial charge in [-0.05, 0) is 6.42 Å². The molecule has 0 aliphatic heterocycles. The quantitative estimate of drug-likeness (QED) is 0.473. The Kier molecular flexibility index (Phi) is 6.27. The Balaban J connectivity index is 3.81. The van der Waals surface area contributed by atoms with E-state index in [1.54, 1.807) is 12.1 Å². The number of hydrogen-bond donors (Lipinski definition) is 0. The molecule has 0 saturated heterocycles. The molecule has 0 rings (SSSR count). The van der Waals surface area contributed by atoms with Crippen molar-refractivity contribution in [2.24, 2.45) is 5.92 Å². The van der Waals surface area contributed by atoms with E-state index in [9.17, 15) is 4.79 Å². The molecule has 1 atom stereocenters. The van der Waals surface area contributed by atoms with Crippen LogP contribution in [0.5, 0.6) is 0 Å². The molecule has 0 bridgehead atoms. The monoisotopic (exact) mass is 180 g/mol. The summed E-state index contributed by atoms with van der Waals surface area (Å²) in [6.07, 6.45) is 1.63. The number of unbranched alkanes of at least 4 members (excludes halogenated alkanes) is 1. The minimum absolute atomic E-state index is 0.0958. The first-order valence-electron chi connectivity index (χ1n) is 4.19. The lowest BCUT2D eigenvalue weighted by molar-refractivity contribution is -0.146. The van der Waals surface area contributed by atoms with Crippen molar-refractivity contribution in [2.45, 2.75) is 26.2 Å². The van der Waals surface area contributed by atoms with Gasteiger partial charge in [0.05, 0.1) is 25.2 Å². The van der Waals surface area contributed by atoms with Gasteiger partial charge in [0.2, 0.25) is 0 Å². The van der Waals surface area contributed by atoms with Crippen LogP contribution >= 0.6 is 0 Å². The van der Waals surface area contributed by atoms with Crippen molar-refractivity contribution in [3.8, 4) is 12.1 Å². The SMILES string of the molecule is CCCCOC(=O)C(C#N)CC#N. The van der Waals surface area contributed by atoms with Crippen molar-refractivity contribution in [1.82, 2.24) is 0 Å². The van der Waals surface area contributed by atoms with E-state index < -0.39 is 11.9 Å². The van der Waals surface area contributed by atoms with E-state index in [0.717, 1.165) is 12.8 Å². The molecule has 13 heavy (non-hydrogen) atoms. The molecule has 1 unspecified atom stereocenters. The maximum atomic E-state index is 11.0. The van der Waals surface area contributed by atoms with Crippen LogP contribution in [0.25, 0.3) is 0 Å². The number of ether oxygens (including phenoxy) is 1. The number of esters is 1. The van der Waals surface area contributed by atoms with Crippen molar-refractivity contribution >= 4 is 5.97 Å². The number of nitrogens with zero attached hydrogens (tertiary/aromatic N) is 2. The van der Waals surface area contributed by atoms with Gasteiger partial charge >= 0.3 is 5.97 Å². The molecule has 0 aromatic rings. The number of carbonyl (C=O) groups is 1. The van der Waals surface area contributed by atoms with Gasteiger partial charge in [-0.25, -0.2) is 0 Å². The molecule has 0 radical (unpaired) electrons. The Hall–Kier alpha value is -1.55. The Bertz CT molecular complexity index is 237. The lowest BCUT2D eigenvalue weighted by Gasteiger charge is -2.05. The zero-order valence-electron chi connectivity index (χ0n) is 7.62. The number of hydrogen-bond acceptors (Lipinski definition) is 4. The highest BCUT2D eigenvalue weighted by Gasteiger charge is 2.18. The van der Waals surface area contributed by atoms with Crippen molar-refractivity contribution in [3.05, 3.63) is 0 Å². The number of rotatable bonds is 5. The van der Waals surface area contributed by atoms with Crippen LogP contribution < -0.4 is 0 Å². The first kappa shape index (κ1) is 11.4. The maximum absolute atomic E-state index is 11.0. The highest BCUT2D eigenvalue weighted by Crippen LogP contribution is 2.03. The zero-order chi connectivity index (χ0) is 10.1. The molecule has 70 valence electrons. The summed E-state index contributed by atoms with van der Waals surface area (Å²) >= 11 is 0. The number of carbonyl (C=O) groups excluding carboxylic acids is 1. The third-order valence-corrected chi connectivity index (χ3v) is 1.48. The summed E-state index contributed by atoms with van der Waals surface area (Å²) in [6, 6.07) is 3.50. The van der Waals surface area contributed by atoms with Crippen molar-refractivity contribution in [2.75, 3.05) is 6.61 Å². The smallest absolute Gasteiger partial charge is 0.324 e. The van der Waals surface area contributed by atoms with Crippen molar-refractivity contribution < 1.29 is 9.53 Å². The summed E-state index contributed by atoms with van der Waals surface area (Å²) in [5.74, 6) is -1.51. The molecule has 0 aromatic carbocycles. The average Bonchev–Trinajstić information content (AvgIpc) is 2.14. The summed E-state index contributed by atoms with van der Waals surface area (Å²) in [5, 5.41) is 16.8. The van der Waals surface area contributed by atoms with Crippen LogP contribution in [0.15, 0.2) is 0 Å². The van der Waals surface area contributed by atoms with E-state index in [4.69, 9.17) is 15.3 Å². The molecule has 0 heterocycles. The van der Waals surface area contributed by atoms with E-state index >= 15 is 0 Å². The molecule has 0 aliphatic rings. The average molecular weight is 180 g/mol. The minimum atomic E-state index is -0.929. The zero-order valence-corrected chi connectivity index (χ0v) is 7.62. The summed E-state index contributed by atoms with van der Waals surface area (Å²) in [6.45, 7) is 2.31. The van der Waals surface area contributed by atoms with E-state index in [1.807, 2.05) is 6.92 Å². The fraction of sp³-hybridized carbons (Fsp3) is 0.667. The second-order valence-electron chi connectivity index (χ2n) is 2.56. The molecule has 0 N–H and O–H groups in total. The van der Waals surface area contributed by atoms with Crippen molar-refractivity contribution in [1.29, 1.82) is 10.5 Å². The summed E-state index contributed by atoms with van der Waals surface area (Å²) in [4.78, 5) is 11.0. The van der Waals surface area contributed by atoms with Gasteiger partial charge in [-0.1, -0.05) is 13.3 Å². The van der Waals surface area contributed by atoms with Gasteiger partial charge in [-0.15, -0.1) is 0 Å². The highest BCUT2D eigenvalue weighted by atomic mass is 16.5. The van der Waals surface area contributed by atoms with Crippen LogP contribution in [0.3, 0.4) is 0 Å². The molecular weight excluding hydrogens is 168 g/mol. The minimum Gasteiger partial charge on any atom is -0.465 e. The van der Waals surface area contributed by atoms with Crippen LogP contribution in [0, 0.1) is 28.6 Å². The van der Waals surface area contributed by atoms with Crippen LogP contribution in [-0.2, 0) is 9.53 Å². The lowest BCUT2D eigenvalue weighted by Crippen LogP contribution is -2.16. The first-order valence-corrected chi connectivity index (χ1v) is 4.19. The Labute approximate surface area is 77.7 Å². The summed E-state index contributed by atoms with van der Waals surface area (Å²) in [5.41, 5.74) is 0. The van der Waals surface area contributed by atoms with E-state index in [0.29, 0.717) is 6.61 Å². The standard InChI is InChI=1S/C9H12N2O2/c1-2-3-6-13-9(12)8(7-11)4-5-10/h8H,2-4,6H2,1H3. The van der Waals surface area contributed by atoms with Gasteiger partial charge in [0, 0.05) is 0 Å². The predicted molar refractivity (Wildman–Crippen MR) is 45.2 cm³/mol. The molecule has 0 amide bonds. The second-order valence-corrected chi connectivity index (χ2v) is 2.56. The molecule has 0 aromatic heterocycles. The Morgan fingerprint density at radius 3 is 2.69 bits per heavy atom. The second kappa shape index (κ2) is 7.12. The van der Waals surface area contributed by atoms with Crippen molar-refractivity contribution in [3.63, 3.8) is 0 Å². The van der Waals surface area contributed by atoms with Crippen LogP contribution in [0.4, 0.5) is 0 Å². The molecule has 0 saturated carbocycles. The molecule has 0 fully saturated rings. The lowest BCUT2D eigenvalue weighted by atomic mass is 10.1. The van der Waals surface area contributed by atoms with Crippen LogP contribution in [-0.4, -0.2) is 12.6 Å². The predicted octanol–water partition coefficient (Wildman–Crippen LogP) is 1.38. The molecule has 0 spiro atoms. The maximum Gasteiger partial charge on any atom is 0.324 e. The molecule has 4 heteroatoms. The molecular formula is C9H12N2O2. The van der Waals surface area contributed by atoms with Gasteiger partial charge in [0.1, 0.15) is 0 Å². The van der Waals surface area contributed by atoms with Gasteiger partial charge in [0.25, 0.3) is 0 Å². The van der Waals surface area contributed by atoms with Crippen LogP contribution in [0.1, 0.15) is 26.2 Å². The van der Waals surface area contributed by atoms with Crippen LogP contribution in [0.2, 0.25) is 0 Å². The Morgan fingerprint density at radius 1 is 1.54 bits per heavy atom. The summed E-state index contributed by atoms with van der Waals surface area (Å²) in [7, 11) is 0. The van der Waals surface area contributed by atoms with E-state index in [-0.39, 0.29) is 6.42 Å². The highest BCUT2D eigenvalue weighted by molar-refractivity contribution is 5.75. The Morgan fingerprint density at radius 2 is 2.23 bits per heavy atom. The third-order valence-electron chi connectivity index (χ3n) is 1.48. The number of nitriles is 2. The van der Waals surface area contributed by atoms with Gasteiger partial charge in [0.15, 0.2) is 5.92 Å². The van der Waals surface area contributed by atoms with E-state index in [2.05, 4.69) is 0 Å². The third kappa shape index (κ3) is 4.81. The first-order chi connectivity index (χ1) is 6.26. The molecule has 4 nitrogen and oxygen atoms in total. The van der Waals surface area contributed by atoms with Gasteiger partial charge in [-0.2, -0.15) is 10.5 Å². The topological polar surface area (TPSA) is 73.9 Å².